The molecule has 1 aromatic carbocycles. The van der Waals surface area contributed by atoms with Gasteiger partial charge in [-0.25, -0.2) is 0 Å². The van der Waals surface area contributed by atoms with Gasteiger partial charge in [0.1, 0.15) is 6.42 Å². The first-order chi connectivity index (χ1) is 9.87. The third-order valence-corrected chi connectivity index (χ3v) is 1.97. The summed E-state index contributed by atoms with van der Waals surface area (Å²) in [5.41, 5.74) is -0.718. The second-order valence-corrected chi connectivity index (χ2v) is 3.76. The summed E-state index contributed by atoms with van der Waals surface area (Å²) in [6.07, 6.45) is -12.3. The number of alkyl halides is 6. The molecule has 0 aliphatic rings. The number of ether oxygens (including phenoxy) is 2. The van der Waals surface area contributed by atoms with E-state index in [-0.39, 0.29) is 0 Å². The van der Waals surface area contributed by atoms with E-state index < -0.39 is 48.0 Å². The summed E-state index contributed by atoms with van der Waals surface area (Å²) in [6, 6.07) is 1.48. The van der Waals surface area contributed by atoms with E-state index in [4.69, 9.17) is 0 Å². The topological polar surface area (TPSA) is 75.7 Å². The van der Waals surface area contributed by atoms with Crippen LogP contribution in [-0.4, -0.2) is 24.5 Å². The second-order valence-electron chi connectivity index (χ2n) is 3.76. The lowest BCUT2D eigenvalue weighted by atomic mass is 10.2. The molecule has 11 heteroatoms. The highest BCUT2D eigenvalue weighted by Gasteiger charge is 2.35. The van der Waals surface area contributed by atoms with Gasteiger partial charge in [0.25, 0.3) is 0 Å². The first-order valence-electron chi connectivity index (χ1n) is 5.26. The molecule has 0 saturated heterocycles. The molecule has 0 spiro atoms. The van der Waals surface area contributed by atoms with E-state index in [1.807, 2.05) is 0 Å². The highest BCUT2D eigenvalue weighted by atomic mass is 19.4. The van der Waals surface area contributed by atoms with Gasteiger partial charge in [-0.05, 0) is 18.2 Å². The average molecular weight is 331 g/mol. The SMILES string of the molecule is O=C(CC(F)(F)F)Oc1cc(C(=O)[O-])ccc1OC(F)(F)F. The van der Waals surface area contributed by atoms with E-state index in [0.717, 1.165) is 0 Å². The van der Waals surface area contributed by atoms with Gasteiger partial charge >= 0.3 is 18.5 Å². The number of rotatable bonds is 4. The number of carbonyl (C=O) groups is 2. The lowest BCUT2D eigenvalue weighted by molar-refractivity contribution is -0.275. The molecule has 0 heterocycles. The summed E-state index contributed by atoms with van der Waals surface area (Å²) in [6.45, 7) is 0. The molecule has 22 heavy (non-hydrogen) atoms. The molecular formula is C11H5F6O5-. The molecule has 1 rings (SSSR count). The molecule has 0 saturated carbocycles. The smallest absolute Gasteiger partial charge is 0.545 e. The highest BCUT2D eigenvalue weighted by Crippen LogP contribution is 2.34. The largest absolute Gasteiger partial charge is 0.573 e. The first kappa shape index (κ1) is 17.6. The van der Waals surface area contributed by atoms with Gasteiger partial charge in [-0.2, -0.15) is 13.2 Å². The van der Waals surface area contributed by atoms with E-state index in [1.54, 1.807) is 0 Å². The minimum atomic E-state index is -5.23. The van der Waals surface area contributed by atoms with Crippen LogP contribution in [0.15, 0.2) is 18.2 Å². The third kappa shape index (κ3) is 5.89. The fourth-order valence-corrected chi connectivity index (χ4v) is 1.25. The van der Waals surface area contributed by atoms with E-state index in [2.05, 4.69) is 9.47 Å². The van der Waals surface area contributed by atoms with Gasteiger partial charge in [-0.3, -0.25) is 4.79 Å². The van der Waals surface area contributed by atoms with Crippen LogP contribution in [-0.2, 0) is 4.79 Å². The Labute approximate surface area is 118 Å². The molecule has 0 unspecified atom stereocenters. The van der Waals surface area contributed by atoms with Crippen molar-refractivity contribution in [2.24, 2.45) is 0 Å². The van der Waals surface area contributed by atoms with Crippen LogP contribution >= 0.6 is 0 Å². The van der Waals surface area contributed by atoms with Crippen LogP contribution in [0.2, 0.25) is 0 Å². The van der Waals surface area contributed by atoms with Crippen molar-refractivity contribution in [3.05, 3.63) is 23.8 Å². The Morgan fingerprint density at radius 1 is 1.05 bits per heavy atom. The van der Waals surface area contributed by atoms with Crippen LogP contribution in [0.1, 0.15) is 16.8 Å². The standard InChI is InChI=1S/C11H6F6O5/c12-10(13,14)4-8(18)21-7-3-5(9(19)20)1-2-6(7)22-11(15,16)17/h1-3H,4H2,(H,19,20)/p-1. The van der Waals surface area contributed by atoms with Crippen LogP contribution in [0.25, 0.3) is 0 Å². The maximum Gasteiger partial charge on any atom is 0.573 e. The number of halogens is 6. The fourth-order valence-electron chi connectivity index (χ4n) is 1.25. The normalized spacial score (nSPS) is 11.9. The van der Waals surface area contributed by atoms with E-state index >= 15 is 0 Å². The number of esters is 1. The third-order valence-electron chi connectivity index (χ3n) is 1.97. The molecule has 0 N–H and O–H groups in total. The number of hydrogen-bond donors (Lipinski definition) is 0. The zero-order valence-electron chi connectivity index (χ0n) is 10.2. The van der Waals surface area contributed by atoms with Gasteiger partial charge in [0.15, 0.2) is 11.5 Å². The predicted molar refractivity (Wildman–Crippen MR) is 53.8 cm³/mol. The van der Waals surface area contributed by atoms with Gasteiger partial charge in [0.2, 0.25) is 0 Å². The number of carboxylic acid groups (broad SMARTS) is 1. The minimum absolute atomic E-state index is 0.380. The van der Waals surface area contributed by atoms with Gasteiger partial charge in [0.05, 0.1) is 5.97 Å². The molecule has 5 nitrogen and oxygen atoms in total. The van der Waals surface area contributed by atoms with Gasteiger partial charge in [-0.1, -0.05) is 0 Å². The second kappa shape index (κ2) is 6.12. The number of benzene rings is 1. The molecule has 0 bridgehead atoms. The van der Waals surface area contributed by atoms with Crippen molar-refractivity contribution in [2.45, 2.75) is 19.0 Å². The summed E-state index contributed by atoms with van der Waals surface area (Å²) in [4.78, 5) is 21.6. The van der Waals surface area contributed by atoms with Crippen molar-refractivity contribution in [1.29, 1.82) is 0 Å². The van der Waals surface area contributed by atoms with E-state index in [0.29, 0.717) is 18.2 Å². The zero-order chi connectivity index (χ0) is 17.1. The number of carboxylic acids is 1. The highest BCUT2D eigenvalue weighted by molar-refractivity contribution is 5.87. The molecule has 0 fully saturated rings. The van der Waals surface area contributed by atoms with Crippen molar-refractivity contribution in [3.8, 4) is 11.5 Å². The van der Waals surface area contributed by atoms with Crippen LogP contribution < -0.4 is 14.6 Å². The number of aromatic carboxylic acids is 1. The quantitative estimate of drug-likeness (QED) is 0.478. The molecule has 0 aliphatic heterocycles. The van der Waals surface area contributed by atoms with Crippen LogP contribution in [0.3, 0.4) is 0 Å². The summed E-state index contributed by atoms with van der Waals surface area (Å²) in [7, 11) is 0. The summed E-state index contributed by atoms with van der Waals surface area (Å²) >= 11 is 0. The summed E-state index contributed by atoms with van der Waals surface area (Å²) < 4.78 is 79.8. The summed E-state index contributed by atoms with van der Waals surface area (Å²) in [5.74, 6) is -6.08. The minimum Gasteiger partial charge on any atom is -0.545 e. The van der Waals surface area contributed by atoms with Gasteiger partial charge in [0, 0.05) is 5.56 Å². The predicted octanol–water partition coefficient (Wildman–Crippen LogP) is 1.81. The van der Waals surface area contributed by atoms with Gasteiger partial charge in [-0.15, -0.1) is 13.2 Å². The first-order valence-corrected chi connectivity index (χ1v) is 5.26. The Morgan fingerprint density at radius 2 is 1.64 bits per heavy atom. The Balaban J connectivity index is 3.09. The number of hydrogen-bond acceptors (Lipinski definition) is 5. The van der Waals surface area contributed by atoms with Gasteiger partial charge < -0.3 is 19.4 Å². The molecular weight excluding hydrogens is 326 g/mol. The zero-order valence-corrected chi connectivity index (χ0v) is 10.2. The molecule has 0 aromatic heterocycles. The molecule has 1 aromatic rings. The summed E-state index contributed by atoms with van der Waals surface area (Å²) in [5, 5.41) is 10.6. The van der Waals surface area contributed by atoms with Crippen molar-refractivity contribution in [1.82, 2.24) is 0 Å². The molecule has 0 amide bonds. The average Bonchev–Trinajstić information content (AvgIpc) is 2.26. The number of carbonyl (C=O) groups excluding carboxylic acids is 2. The Kier molecular flexibility index (Phi) is 4.89. The lowest BCUT2D eigenvalue weighted by Crippen LogP contribution is -2.24. The fraction of sp³-hybridized carbons (Fsp3) is 0.273. The van der Waals surface area contributed by atoms with Crippen molar-refractivity contribution < 1.29 is 50.5 Å². The van der Waals surface area contributed by atoms with Crippen LogP contribution in [0.5, 0.6) is 11.5 Å². The Morgan fingerprint density at radius 3 is 2.09 bits per heavy atom. The monoisotopic (exact) mass is 331 g/mol. The Bertz CT molecular complexity index is 577. The van der Waals surface area contributed by atoms with Crippen LogP contribution in [0.4, 0.5) is 26.3 Å². The van der Waals surface area contributed by atoms with Crippen molar-refractivity contribution in [2.75, 3.05) is 0 Å². The van der Waals surface area contributed by atoms with E-state index in [9.17, 15) is 41.0 Å². The lowest BCUT2D eigenvalue weighted by Gasteiger charge is -2.15. The maximum absolute atomic E-state index is 12.1. The van der Waals surface area contributed by atoms with E-state index in [1.165, 1.54) is 0 Å². The molecule has 0 aliphatic carbocycles. The van der Waals surface area contributed by atoms with Crippen molar-refractivity contribution >= 4 is 11.9 Å². The Hall–Kier alpha value is -2.46. The van der Waals surface area contributed by atoms with Crippen LogP contribution in [0, 0.1) is 0 Å². The molecule has 122 valence electrons. The molecule has 0 atom stereocenters. The maximum atomic E-state index is 12.1. The van der Waals surface area contributed by atoms with Crippen molar-refractivity contribution in [3.63, 3.8) is 0 Å². The molecule has 0 radical (unpaired) electrons.